The lowest BCUT2D eigenvalue weighted by atomic mass is 9.69. The van der Waals surface area contributed by atoms with Crippen molar-refractivity contribution in [3.8, 4) is 0 Å². The first-order valence-electron chi connectivity index (χ1n) is 8.23. The molecule has 0 spiro atoms. The summed E-state index contributed by atoms with van der Waals surface area (Å²) in [7, 11) is 0. The van der Waals surface area contributed by atoms with Crippen molar-refractivity contribution in [1.82, 2.24) is 0 Å². The second-order valence-corrected chi connectivity index (χ2v) is 7.28. The molecule has 0 amide bonds. The van der Waals surface area contributed by atoms with E-state index in [-0.39, 0.29) is 0 Å². The van der Waals surface area contributed by atoms with Gasteiger partial charge in [-0.2, -0.15) is 0 Å². The summed E-state index contributed by atoms with van der Waals surface area (Å²) < 4.78 is 0. The van der Waals surface area contributed by atoms with Crippen LogP contribution in [0.25, 0.3) is 0 Å². The summed E-state index contributed by atoms with van der Waals surface area (Å²) in [5.74, 6) is 4.93. The first-order chi connectivity index (χ1) is 8.59. The van der Waals surface area contributed by atoms with Gasteiger partial charge in [-0.05, 0) is 69.1 Å². The van der Waals surface area contributed by atoms with Crippen LogP contribution in [0.3, 0.4) is 0 Å². The van der Waals surface area contributed by atoms with Gasteiger partial charge in [-0.25, -0.2) is 0 Å². The zero-order valence-corrected chi connectivity index (χ0v) is 12.9. The van der Waals surface area contributed by atoms with Crippen molar-refractivity contribution in [3.63, 3.8) is 0 Å². The topological polar surface area (TPSA) is 0 Å². The first-order valence-corrected chi connectivity index (χ1v) is 8.23. The van der Waals surface area contributed by atoms with E-state index in [1.54, 1.807) is 0 Å². The molecule has 5 atom stereocenters. The maximum absolute atomic E-state index is 2.55. The highest BCUT2D eigenvalue weighted by molar-refractivity contribution is 4.96. The molecular formula is C18H32. The van der Waals surface area contributed by atoms with E-state index in [9.17, 15) is 0 Å². The lowest BCUT2D eigenvalue weighted by molar-refractivity contribution is 0.137. The molecule has 0 bridgehead atoms. The number of rotatable bonds is 2. The van der Waals surface area contributed by atoms with Crippen molar-refractivity contribution in [2.24, 2.45) is 29.6 Å². The van der Waals surface area contributed by atoms with E-state index in [1.165, 1.54) is 50.5 Å². The largest absolute Gasteiger partial charge is 0.0856 e. The van der Waals surface area contributed by atoms with Crippen LogP contribution in [0.5, 0.6) is 0 Å². The van der Waals surface area contributed by atoms with E-state index in [0.717, 1.165) is 29.6 Å². The van der Waals surface area contributed by atoms with E-state index < -0.39 is 0 Å². The van der Waals surface area contributed by atoms with Gasteiger partial charge in [-0.3, -0.25) is 0 Å². The van der Waals surface area contributed by atoms with Crippen LogP contribution in [-0.2, 0) is 0 Å². The minimum absolute atomic E-state index is 0.925. The number of fused-ring (bicyclic) bond motifs is 1. The Balaban J connectivity index is 2.04. The third-order valence-corrected chi connectivity index (χ3v) is 5.95. The zero-order valence-electron chi connectivity index (χ0n) is 12.9. The molecule has 2 saturated carbocycles. The Labute approximate surface area is 114 Å². The van der Waals surface area contributed by atoms with Gasteiger partial charge >= 0.3 is 0 Å². The van der Waals surface area contributed by atoms with Crippen LogP contribution in [0.4, 0.5) is 0 Å². The highest BCUT2D eigenvalue weighted by Crippen LogP contribution is 2.47. The van der Waals surface area contributed by atoms with Crippen molar-refractivity contribution in [3.05, 3.63) is 11.6 Å². The van der Waals surface area contributed by atoms with Crippen molar-refractivity contribution in [2.75, 3.05) is 0 Å². The first kappa shape index (κ1) is 14.2. The number of hydrogen-bond donors (Lipinski definition) is 0. The number of hydrogen-bond acceptors (Lipinski definition) is 0. The van der Waals surface area contributed by atoms with Crippen molar-refractivity contribution < 1.29 is 0 Å². The SMILES string of the molecule is CC(C)=CCC1CCC2CCCCC2C(C)C1C. The van der Waals surface area contributed by atoms with E-state index in [1.807, 2.05) is 0 Å². The molecule has 0 aromatic rings. The molecule has 0 nitrogen and oxygen atoms in total. The molecule has 0 radical (unpaired) electrons. The summed E-state index contributed by atoms with van der Waals surface area (Å²) in [4.78, 5) is 0. The van der Waals surface area contributed by atoms with Crippen molar-refractivity contribution in [1.29, 1.82) is 0 Å². The van der Waals surface area contributed by atoms with Crippen molar-refractivity contribution in [2.45, 2.75) is 72.6 Å². The molecule has 2 rings (SSSR count). The molecule has 18 heavy (non-hydrogen) atoms. The van der Waals surface area contributed by atoms with Gasteiger partial charge in [-0.1, -0.05) is 44.8 Å². The smallest absolute Gasteiger partial charge is 0.0317 e. The number of allylic oxidation sites excluding steroid dienone is 2. The lowest BCUT2D eigenvalue weighted by Crippen LogP contribution is -2.28. The Kier molecular flexibility index (Phi) is 4.92. The second-order valence-electron chi connectivity index (χ2n) is 7.28. The minimum atomic E-state index is 0.925. The highest BCUT2D eigenvalue weighted by Gasteiger charge is 2.37. The van der Waals surface area contributed by atoms with Crippen LogP contribution in [0.15, 0.2) is 11.6 Å². The average Bonchev–Trinajstić information content (AvgIpc) is 2.48. The molecular weight excluding hydrogens is 216 g/mol. The molecule has 0 heterocycles. The Bertz CT molecular complexity index is 284. The van der Waals surface area contributed by atoms with Crippen LogP contribution >= 0.6 is 0 Å². The van der Waals surface area contributed by atoms with Gasteiger partial charge in [0.2, 0.25) is 0 Å². The van der Waals surface area contributed by atoms with Crippen molar-refractivity contribution >= 4 is 0 Å². The van der Waals surface area contributed by atoms with Gasteiger partial charge in [0, 0.05) is 0 Å². The molecule has 104 valence electrons. The highest BCUT2D eigenvalue weighted by atomic mass is 14.4. The van der Waals surface area contributed by atoms with Gasteiger partial charge in [-0.15, -0.1) is 0 Å². The fraction of sp³-hybridized carbons (Fsp3) is 0.889. The van der Waals surface area contributed by atoms with Crippen LogP contribution < -0.4 is 0 Å². The summed E-state index contributed by atoms with van der Waals surface area (Å²) in [5.41, 5.74) is 1.50. The molecule has 0 aromatic carbocycles. The van der Waals surface area contributed by atoms with Gasteiger partial charge in [0.05, 0.1) is 0 Å². The normalized spacial score (nSPS) is 40.8. The van der Waals surface area contributed by atoms with Crippen LogP contribution in [-0.4, -0.2) is 0 Å². The second kappa shape index (κ2) is 6.26. The van der Waals surface area contributed by atoms with Gasteiger partial charge in [0.15, 0.2) is 0 Å². The molecule has 0 heteroatoms. The molecule has 2 aliphatic carbocycles. The zero-order chi connectivity index (χ0) is 13.1. The van der Waals surface area contributed by atoms with Gasteiger partial charge in [0.1, 0.15) is 0 Å². The molecule has 2 aliphatic rings. The van der Waals surface area contributed by atoms with E-state index >= 15 is 0 Å². The Morgan fingerprint density at radius 1 is 0.944 bits per heavy atom. The molecule has 0 saturated heterocycles. The van der Waals surface area contributed by atoms with E-state index in [4.69, 9.17) is 0 Å². The van der Waals surface area contributed by atoms with E-state index in [0.29, 0.717) is 0 Å². The Hall–Kier alpha value is -0.260. The van der Waals surface area contributed by atoms with Gasteiger partial charge < -0.3 is 0 Å². The monoisotopic (exact) mass is 248 g/mol. The van der Waals surface area contributed by atoms with Gasteiger partial charge in [0.25, 0.3) is 0 Å². The summed E-state index contributed by atoms with van der Waals surface area (Å²) in [6, 6.07) is 0. The third-order valence-electron chi connectivity index (χ3n) is 5.95. The molecule has 0 aromatic heterocycles. The molecule has 5 unspecified atom stereocenters. The molecule has 2 fully saturated rings. The minimum Gasteiger partial charge on any atom is -0.0856 e. The van der Waals surface area contributed by atoms with Crippen LogP contribution in [0.1, 0.15) is 72.6 Å². The Morgan fingerprint density at radius 3 is 2.39 bits per heavy atom. The summed E-state index contributed by atoms with van der Waals surface area (Å²) in [5, 5.41) is 0. The average molecular weight is 248 g/mol. The predicted octanol–water partition coefficient (Wildman–Crippen LogP) is 5.83. The van der Waals surface area contributed by atoms with Crippen LogP contribution in [0.2, 0.25) is 0 Å². The Morgan fingerprint density at radius 2 is 1.67 bits per heavy atom. The maximum atomic E-state index is 2.55. The van der Waals surface area contributed by atoms with Crippen LogP contribution in [0, 0.1) is 29.6 Å². The van der Waals surface area contributed by atoms with E-state index in [2.05, 4.69) is 33.8 Å². The molecule has 0 aliphatic heterocycles. The standard InChI is InChI=1S/C18H32/c1-13(2)9-10-16-11-12-17-7-5-6-8-18(17)15(4)14(16)3/h9,14-18H,5-8,10-12H2,1-4H3. The molecule has 0 N–H and O–H groups in total. The summed E-state index contributed by atoms with van der Waals surface area (Å²) in [6.45, 7) is 9.56. The quantitative estimate of drug-likeness (QED) is 0.539. The predicted molar refractivity (Wildman–Crippen MR) is 80.5 cm³/mol. The lowest BCUT2D eigenvalue weighted by Gasteiger charge is -2.36. The summed E-state index contributed by atoms with van der Waals surface area (Å²) >= 11 is 0. The maximum Gasteiger partial charge on any atom is -0.0317 e. The fourth-order valence-electron chi connectivity index (χ4n) is 4.52. The fourth-order valence-corrected chi connectivity index (χ4v) is 4.52. The third kappa shape index (κ3) is 3.19. The summed E-state index contributed by atoms with van der Waals surface area (Å²) in [6.07, 6.45) is 12.8.